The lowest BCUT2D eigenvalue weighted by atomic mass is 10.3. The molecule has 0 aliphatic rings. The highest BCUT2D eigenvalue weighted by atomic mass is 15.0. The molecule has 0 saturated carbocycles. The molecule has 1 N–H and O–H groups in total. The molecular weight excluding hydrogens is 188 g/mol. The van der Waals surface area contributed by atoms with Crippen LogP contribution in [-0.2, 0) is 6.54 Å². The van der Waals surface area contributed by atoms with Crippen LogP contribution in [0.15, 0.2) is 36.9 Å². The number of pyridine rings is 1. The summed E-state index contributed by atoms with van der Waals surface area (Å²) in [6.07, 6.45) is 5.12. The first-order valence-electron chi connectivity index (χ1n) is 4.76. The second-order valence-electron chi connectivity index (χ2n) is 3.25. The SMILES string of the molecule is Cc1cc(NCc2ccncc2)ncn1. The average Bonchev–Trinajstić information content (AvgIpc) is 2.28. The van der Waals surface area contributed by atoms with Gasteiger partial charge in [0.2, 0.25) is 0 Å². The smallest absolute Gasteiger partial charge is 0.129 e. The van der Waals surface area contributed by atoms with Crippen molar-refractivity contribution in [1.29, 1.82) is 0 Å². The molecule has 2 aromatic rings. The lowest BCUT2D eigenvalue weighted by Gasteiger charge is -2.05. The Hall–Kier alpha value is -1.97. The molecule has 0 spiro atoms. The van der Waals surface area contributed by atoms with E-state index in [-0.39, 0.29) is 0 Å². The number of hydrogen-bond donors (Lipinski definition) is 1. The van der Waals surface area contributed by atoms with Gasteiger partial charge in [0.25, 0.3) is 0 Å². The van der Waals surface area contributed by atoms with Crippen molar-refractivity contribution in [3.8, 4) is 0 Å². The van der Waals surface area contributed by atoms with Gasteiger partial charge >= 0.3 is 0 Å². The normalized spacial score (nSPS) is 9.93. The third-order valence-corrected chi connectivity index (χ3v) is 2.03. The van der Waals surface area contributed by atoms with Gasteiger partial charge in [-0.1, -0.05) is 0 Å². The van der Waals surface area contributed by atoms with Crippen molar-refractivity contribution >= 4 is 5.82 Å². The van der Waals surface area contributed by atoms with Crippen molar-refractivity contribution in [2.24, 2.45) is 0 Å². The van der Waals surface area contributed by atoms with E-state index in [0.29, 0.717) is 0 Å². The maximum atomic E-state index is 4.12. The van der Waals surface area contributed by atoms with Gasteiger partial charge in [0.05, 0.1) is 0 Å². The Bertz CT molecular complexity index is 428. The Morgan fingerprint density at radius 2 is 2.00 bits per heavy atom. The molecule has 0 amide bonds. The van der Waals surface area contributed by atoms with Crippen LogP contribution >= 0.6 is 0 Å². The summed E-state index contributed by atoms with van der Waals surface area (Å²) < 4.78 is 0. The summed E-state index contributed by atoms with van der Waals surface area (Å²) in [5.41, 5.74) is 2.14. The minimum Gasteiger partial charge on any atom is -0.366 e. The summed E-state index contributed by atoms with van der Waals surface area (Å²) in [7, 11) is 0. The monoisotopic (exact) mass is 200 g/mol. The summed E-state index contributed by atoms with van der Waals surface area (Å²) in [6, 6.07) is 5.86. The zero-order chi connectivity index (χ0) is 10.5. The quantitative estimate of drug-likeness (QED) is 0.820. The third kappa shape index (κ3) is 2.74. The summed E-state index contributed by atoms with van der Waals surface area (Å²) in [5.74, 6) is 0.847. The van der Waals surface area contributed by atoms with Crippen molar-refractivity contribution in [3.05, 3.63) is 48.2 Å². The molecule has 4 heteroatoms. The molecule has 2 heterocycles. The standard InChI is InChI=1S/C11H12N4/c1-9-6-11(15-8-14-9)13-7-10-2-4-12-5-3-10/h2-6,8H,7H2,1H3,(H,13,14,15). The maximum Gasteiger partial charge on any atom is 0.129 e. The van der Waals surface area contributed by atoms with E-state index < -0.39 is 0 Å². The van der Waals surface area contributed by atoms with Gasteiger partial charge in [0, 0.05) is 30.7 Å². The number of nitrogens with one attached hydrogen (secondary N) is 1. The van der Waals surface area contributed by atoms with Gasteiger partial charge in [0.1, 0.15) is 12.1 Å². The van der Waals surface area contributed by atoms with Gasteiger partial charge in [-0.3, -0.25) is 4.98 Å². The van der Waals surface area contributed by atoms with E-state index in [1.165, 1.54) is 5.56 Å². The van der Waals surface area contributed by atoms with E-state index in [0.717, 1.165) is 18.1 Å². The van der Waals surface area contributed by atoms with Crippen molar-refractivity contribution in [1.82, 2.24) is 15.0 Å². The van der Waals surface area contributed by atoms with E-state index in [9.17, 15) is 0 Å². The molecule has 0 unspecified atom stereocenters. The molecule has 0 atom stereocenters. The minimum atomic E-state index is 0.749. The number of rotatable bonds is 3. The first-order valence-corrected chi connectivity index (χ1v) is 4.76. The van der Waals surface area contributed by atoms with Crippen LogP contribution in [-0.4, -0.2) is 15.0 Å². The number of nitrogens with zero attached hydrogens (tertiary/aromatic N) is 3. The Morgan fingerprint density at radius 3 is 2.73 bits per heavy atom. The van der Waals surface area contributed by atoms with Crippen LogP contribution in [0.25, 0.3) is 0 Å². The lowest BCUT2D eigenvalue weighted by Crippen LogP contribution is -2.01. The topological polar surface area (TPSA) is 50.7 Å². The van der Waals surface area contributed by atoms with Crippen LogP contribution < -0.4 is 5.32 Å². The van der Waals surface area contributed by atoms with E-state index in [1.807, 2.05) is 25.1 Å². The minimum absolute atomic E-state index is 0.749. The van der Waals surface area contributed by atoms with Gasteiger partial charge in [0.15, 0.2) is 0 Å². The van der Waals surface area contributed by atoms with Crippen LogP contribution in [0.5, 0.6) is 0 Å². The van der Waals surface area contributed by atoms with Gasteiger partial charge in [-0.25, -0.2) is 9.97 Å². The summed E-state index contributed by atoms with van der Waals surface area (Å²) >= 11 is 0. The van der Waals surface area contributed by atoms with Crippen molar-refractivity contribution in [2.45, 2.75) is 13.5 Å². The van der Waals surface area contributed by atoms with E-state index >= 15 is 0 Å². The Kier molecular flexibility index (Phi) is 2.88. The zero-order valence-electron chi connectivity index (χ0n) is 8.51. The maximum absolute atomic E-state index is 4.12. The molecule has 2 aromatic heterocycles. The number of hydrogen-bond acceptors (Lipinski definition) is 4. The van der Waals surface area contributed by atoms with Gasteiger partial charge in [-0.2, -0.15) is 0 Å². The molecule has 4 nitrogen and oxygen atoms in total. The second kappa shape index (κ2) is 4.50. The number of aromatic nitrogens is 3. The molecule has 0 saturated heterocycles. The third-order valence-electron chi connectivity index (χ3n) is 2.03. The highest BCUT2D eigenvalue weighted by Crippen LogP contribution is 2.05. The predicted molar refractivity (Wildman–Crippen MR) is 58.3 cm³/mol. The molecule has 15 heavy (non-hydrogen) atoms. The predicted octanol–water partition coefficient (Wildman–Crippen LogP) is 1.79. The van der Waals surface area contributed by atoms with Crippen molar-refractivity contribution < 1.29 is 0 Å². The molecule has 0 bridgehead atoms. The summed E-state index contributed by atoms with van der Waals surface area (Å²) in [5, 5.41) is 3.22. The Labute approximate surface area is 88.4 Å². The van der Waals surface area contributed by atoms with Gasteiger partial charge < -0.3 is 5.32 Å². The molecule has 76 valence electrons. The van der Waals surface area contributed by atoms with Gasteiger partial charge in [-0.05, 0) is 24.6 Å². The summed E-state index contributed by atoms with van der Waals surface area (Å²) in [4.78, 5) is 12.1. The number of aryl methyl sites for hydroxylation is 1. The largest absolute Gasteiger partial charge is 0.366 e. The molecule has 0 radical (unpaired) electrons. The summed E-state index contributed by atoms with van der Waals surface area (Å²) in [6.45, 7) is 2.69. The fourth-order valence-corrected chi connectivity index (χ4v) is 1.24. The molecule has 2 rings (SSSR count). The van der Waals surface area contributed by atoms with Crippen LogP contribution in [0.1, 0.15) is 11.3 Å². The second-order valence-corrected chi connectivity index (χ2v) is 3.25. The van der Waals surface area contributed by atoms with E-state index in [1.54, 1.807) is 18.7 Å². The highest BCUT2D eigenvalue weighted by molar-refractivity contribution is 5.35. The fraction of sp³-hybridized carbons (Fsp3) is 0.182. The first kappa shape index (κ1) is 9.58. The number of anilines is 1. The van der Waals surface area contributed by atoms with Crippen LogP contribution in [0.3, 0.4) is 0 Å². The van der Waals surface area contributed by atoms with Crippen LogP contribution in [0.2, 0.25) is 0 Å². The first-order chi connectivity index (χ1) is 7.34. The van der Waals surface area contributed by atoms with E-state index in [4.69, 9.17) is 0 Å². The average molecular weight is 200 g/mol. The highest BCUT2D eigenvalue weighted by Gasteiger charge is 1.95. The lowest BCUT2D eigenvalue weighted by molar-refractivity contribution is 1.05. The van der Waals surface area contributed by atoms with Gasteiger partial charge in [-0.15, -0.1) is 0 Å². The Morgan fingerprint density at radius 1 is 1.20 bits per heavy atom. The zero-order valence-corrected chi connectivity index (χ0v) is 8.51. The fourth-order valence-electron chi connectivity index (χ4n) is 1.24. The van der Waals surface area contributed by atoms with E-state index in [2.05, 4.69) is 20.3 Å². The molecular formula is C11H12N4. The molecule has 0 fully saturated rings. The van der Waals surface area contributed by atoms with Crippen LogP contribution in [0, 0.1) is 6.92 Å². The molecule has 0 aliphatic heterocycles. The van der Waals surface area contributed by atoms with Crippen molar-refractivity contribution in [2.75, 3.05) is 5.32 Å². The Balaban J connectivity index is 1.99. The van der Waals surface area contributed by atoms with Crippen LogP contribution in [0.4, 0.5) is 5.82 Å². The van der Waals surface area contributed by atoms with Crippen molar-refractivity contribution in [3.63, 3.8) is 0 Å². The molecule has 0 aromatic carbocycles. The molecule has 0 aliphatic carbocycles.